The number of hydrogen-bond donors (Lipinski definition) is 1. The van der Waals surface area contributed by atoms with E-state index in [0.29, 0.717) is 19.1 Å². The van der Waals surface area contributed by atoms with E-state index in [-0.39, 0.29) is 23.8 Å². The van der Waals surface area contributed by atoms with Crippen LogP contribution in [0, 0.1) is 5.92 Å². The Bertz CT molecular complexity index is 315. The molecule has 0 aliphatic carbocycles. The number of nitrogens with one attached hydrogen (secondary N) is 1. The van der Waals surface area contributed by atoms with Gasteiger partial charge in [-0.2, -0.15) is 0 Å². The van der Waals surface area contributed by atoms with E-state index in [1.54, 1.807) is 7.05 Å². The Hall–Kier alpha value is -1.10. The average molecular weight is 255 g/mol. The van der Waals surface area contributed by atoms with Crippen LogP contribution in [-0.4, -0.2) is 60.4 Å². The van der Waals surface area contributed by atoms with Gasteiger partial charge in [-0.15, -0.1) is 0 Å². The molecule has 1 fully saturated rings. The van der Waals surface area contributed by atoms with Crippen molar-refractivity contribution in [1.82, 2.24) is 15.1 Å². The van der Waals surface area contributed by atoms with Crippen molar-refractivity contribution in [3.8, 4) is 0 Å². The molecule has 1 aliphatic heterocycles. The van der Waals surface area contributed by atoms with Crippen LogP contribution in [0.15, 0.2) is 0 Å². The lowest BCUT2D eigenvalue weighted by atomic mass is 10.1. The molecule has 1 aliphatic rings. The van der Waals surface area contributed by atoms with Crippen LogP contribution < -0.4 is 5.32 Å². The number of amides is 2. The molecular formula is C13H25N3O2. The first-order chi connectivity index (χ1) is 8.38. The molecule has 1 atom stereocenters. The highest BCUT2D eigenvalue weighted by Crippen LogP contribution is 2.15. The third-order valence-electron chi connectivity index (χ3n) is 3.44. The van der Waals surface area contributed by atoms with Crippen molar-refractivity contribution < 1.29 is 9.59 Å². The maximum absolute atomic E-state index is 12.0. The van der Waals surface area contributed by atoms with E-state index in [1.807, 2.05) is 18.7 Å². The Kier molecular flexibility index (Phi) is 5.14. The molecule has 0 aromatic rings. The zero-order chi connectivity index (χ0) is 13.9. The fraction of sp³-hybridized carbons (Fsp3) is 0.846. The highest BCUT2D eigenvalue weighted by Gasteiger charge is 2.35. The van der Waals surface area contributed by atoms with E-state index in [2.05, 4.69) is 24.1 Å². The van der Waals surface area contributed by atoms with Crippen molar-refractivity contribution in [2.45, 2.75) is 39.8 Å². The monoisotopic (exact) mass is 255 g/mol. The van der Waals surface area contributed by atoms with Crippen molar-refractivity contribution >= 4 is 11.8 Å². The first-order valence-electron chi connectivity index (χ1n) is 6.64. The van der Waals surface area contributed by atoms with Crippen molar-refractivity contribution in [2.24, 2.45) is 5.92 Å². The molecule has 1 heterocycles. The molecule has 0 bridgehead atoms. The van der Waals surface area contributed by atoms with Gasteiger partial charge in [0.05, 0.1) is 0 Å². The second-order valence-electron chi connectivity index (χ2n) is 5.40. The smallest absolute Gasteiger partial charge is 0.238 e. The number of likely N-dealkylation sites (N-methyl/N-ethyl adjacent to an activating group) is 1. The lowest BCUT2D eigenvalue weighted by molar-refractivity contribution is -0.141. The minimum absolute atomic E-state index is 0.00930. The van der Waals surface area contributed by atoms with Gasteiger partial charge in [0.2, 0.25) is 11.8 Å². The highest BCUT2D eigenvalue weighted by molar-refractivity contribution is 5.84. The Labute approximate surface area is 110 Å². The molecule has 2 amide bonds. The van der Waals surface area contributed by atoms with E-state index in [9.17, 15) is 9.59 Å². The summed E-state index contributed by atoms with van der Waals surface area (Å²) in [4.78, 5) is 27.9. The molecule has 0 aromatic carbocycles. The molecule has 0 spiro atoms. The molecule has 1 rings (SSSR count). The topological polar surface area (TPSA) is 52.7 Å². The van der Waals surface area contributed by atoms with Gasteiger partial charge < -0.3 is 10.2 Å². The average Bonchev–Trinajstić information content (AvgIpc) is 2.35. The standard InChI is InChI=1S/C13H25N3O2/c1-9(2)13(18)15-6-7-16(10(3)4)11(8-15)12(17)14-5/h9-11H,6-8H2,1-5H3,(H,14,17)/t11-/m1/s1. The molecule has 18 heavy (non-hydrogen) atoms. The van der Waals surface area contributed by atoms with Crippen LogP contribution in [0.1, 0.15) is 27.7 Å². The quantitative estimate of drug-likeness (QED) is 0.789. The van der Waals surface area contributed by atoms with Gasteiger partial charge in [-0.3, -0.25) is 14.5 Å². The number of rotatable bonds is 3. The summed E-state index contributed by atoms with van der Waals surface area (Å²) in [5.74, 6) is 0.109. The van der Waals surface area contributed by atoms with Gasteiger partial charge >= 0.3 is 0 Å². The van der Waals surface area contributed by atoms with Gasteiger partial charge in [0.25, 0.3) is 0 Å². The zero-order valence-electron chi connectivity index (χ0n) is 12.1. The van der Waals surface area contributed by atoms with Crippen LogP contribution in [0.2, 0.25) is 0 Å². The fourth-order valence-electron chi connectivity index (χ4n) is 2.38. The maximum atomic E-state index is 12.0. The molecule has 5 heteroatoms. The predicted octanol–water partition coefficient (Wildman–Crippen LogP) is 0.310. The Morgan fingerprint density at radius 2 is 1.78 bits per heavy atom. The molecule has 0 radical (unpaired) electrons. The second-order valence-corrected chi connectivity index (χ2v) is 5.40. The SMILES string of the molecule is CNC(=O)[C@H]1CN(C(=O)C(C)C)CCN1C(C)C. The summed E-state index contributed by atoms with van der Waals surface area (Å²) in [5, 5.41) is 2.69. The minimum Gasteiger partial charge on any atom is -0.358 e. The molecule has 1 N–H and O–H groups in total. The van der Waals surface area contributed by atoms with E-state index < -0.39 is 0 Å². The van der Waals surface area contributed by atoms with Gasteiger partial charge in [0, 0.05) is 38.6 Å². The van der Waals surface area contributed by atoms with Crippen molar-refractivity contribution in [2.75, 3.05) is 26.7 Å². The van der Waals surface area contributed by atoms with Crippen LogP contribution in [0.5, 0.6) is 0 Å². The number of nitrogens with zero attached hydrogens (tertiary/aromatic N) is 2. The second kappa shape index (κ2) is 6.18. The van der Waals surface area contributed by atoms with Gasteiger partial charge in [-0.05, 0) is 13.8 Å². The Balaban J connectivity index is 2.79. The Morgan fingerprint density at radius 3 is 2.22 bits per heavy atom. The van der Waals surface area contributed by atoms with Crippen LogP contribution >= 0.6 is 0 Å². The van der Waals surface area contributed by atoms with E-state index >= 15 is 0 Å². The van der Waals surface area contributed by atoms with Crippen LogP contribution in [0.4, 0.5) is 0 Å². The fourth-order valence-corrected chi connectivity index (χ4v) is 2.38. The van der Waals surface area contributed by atoms with Crippen molar-refractivity contribution in [1.29, 1.82) is 0 Å². The summed E-state index contributed by atoms with van der Waals surface area (Å²) in [7, 11) is 1.64. The third-order valence-corrected chi connectivity index (χ3v) is 3.44. The molecular weight excluding hydrogens is 230 g/mol. The van der Waals surface area contributed by atoms with Crippen molar-refractivity contribution in [3.63, 3.8) is 0 Å². The predicted molar refractivity (Wildman–Crippen MR) is 71.1 cm³/mol. The van der Waals surface area contributed by atoms with Crippen LogP contribution in [0.25, 0.3) is 0 Å². The normalized spacial score (nSPS) is 21.5. The number of piperazine rings is 1. The molecule has 104 valence electrons. The molecule has 5 nitrogen and oxygen atoms in total. The molecule has 0 aromatic heterocycles. The number of carbonyl (C=O) groups excluding carboxylic acids is 2. The lowest BCUT2D eigenvalue weighted by Crippen LogP contribution is -2.61. The van der Waals surface area contributed by atoms with Gasteiger partial charge in [-0.25, -0.2) is 0 Å². The largest absolute Gasteiger partial charge is 0.358 e. The lowest BCUT2D eigenvalue weighted by Gasteiger charge is -2.42. The first kappa shape index (κ1) is 15.0. The summed E-state index contributed by atoms with van der Waals surface area (Å²) in [6.07, 6.45) is 0. The van der Waals surface area contributed by atoms with E-state index in [1.165, 1.54) is 0 Å². The van der Waals surface area contributed by atoms with Crippen LogP contribution in [0.3, 0.4) is 0 Å². The van der Waals surface area contributed by atoms with Gasteiger partial charge in [0.1, 0.15) is 6.04 Å². The first-order valence-corrected chi connectivity index (χ1v) is 6.64. The Morgan fingerprint density at radius 1 is 1.17 bits per heavy atom. The summed E-state index contributed by atoms with van der Waals surface area (Å²) in [6, 6.07) is 0.0788. The van der Waals surface area contributed by atoms with Crippen molar-refractivity contribution in [3.05, 3.63) is 0 Å². The van der Waals surface area contributed by atoms with E-state index in [0.717, 1.165) is 6.54 Å². The maximum Gasteiger partial charge on any atom is 0.238 e. The third kappa shape index (κ3) is 3.22. The molecule has 1 saturated heterocycles. The summed E-state index contributed by atoms with van der Waals surface area (Å²) < 4.78 is 0. The van der Waals surface area contributed by atoms with Crippen LogP contribution in [-0.2, 0) is 9.59 Å². The van der Waals surface area contributed by atoms with Gasteiger partial charge in [-0.1, -0.05) is 13.8 Å². The molecule has 0 saturated carbocycles. The highest BCUT2D eigenvalue weighted by atomic mass is 16.2. The van der Waals surface area contributed by atoms with E-state index in [4.69, 9.17) is 0 Å². The summed E-state index contributed by atoms with van der Waals surface area (Å²) in [6.45, 7) is 9.91. The summed E-state index contributed by atoms with van der Waals surface area (Å²) >= 11 is 0. The van der Waals surface area contributed by atoms with Gasteiger partial charge in [0.15, 0.2) is 0 Å². The zero-order valence-corrected chi connectivity index (χ0v) is 12.1. The summed E-state index contributed by atoms with van der Waals surface area (Å²) in [5.41, 5.74) is 0. The molecule has 0 unspecified atom stereocenters. The number of hydrogen-bond acceptors (Lipinski definition) is 3. The minimum atomic E-state index is -0.230. The number of carbonyl (C=O) groups is 2.